The summed E-state index contributed by atoms with van der Waals surface area (Å²) in [6.45, 7) is 2.16. The minimum absolute atomic E-state index is 0.0623. The van der Waals surface area contributed by atoms with Crippen LogP contribution < -0.4 is 0 Å². The third-order valence-corrected chi connectivity index (χ3v) is 4.36. The maximum atomic E-state index is 12.3. The van der Waals surface area contributed by atoms with Gasteiger partial charge in [0.25, 0.3) is 6.08 Å². The molecule has 1 aromatic rings. The predicted octanol–water partition coefficient (Wildman–Crippen LogP) is 6.63. The minimum atomic E-state index is -1.57. The number of halogens is 2. The molecule has 1 aliphatic carbocycles. The molecule has 0 radical (unpaired) electrons. The van der Waals surface area contributed by atoms with E-state index in [4.69, 9.17) is 0 Å². The average Bonchev–Trinajstić information content (AvgIpc) is 2.54. The molecule has 1 aliphatic rings. The van der Waals surface area contributed by atoms with Gasteiger partial charge in [0.05, 0.1) is 0 Å². The highest BCUT2D eigenvalue weighted by atomic mass is 19.3. The molecule has 1 aromatic carbocycles. The van der Waals surface area contributed by atoms with Crippen molar-refractivity contribution in [3.8, 4) is 0 Å². The summed E-state index contributed by atoms with van der Waals surface area (Å²) in [5.41, 5.74) is 1.21. The first-order valence-electron chi connectivity index (χ1n) is 8.10. The van der Waals surface area contributed by atoms with Crippen LogP contribution in [-0.2, 0) is 0 Å². The van der Waals surface area contributed by atoms with Gasteiger partial charge in [0.2, 0.25) is 0 Å². The van der Waals surface area contributed by atoms with Crippen molar-refractivity contribution in [3.63, 3.8) is 0 Å². The van der Waals surface area contributed by atoms with Gasteiger partial charge in [0, 0.05) is 11.3 Å². The zero-order valence-corrected chi connectivity index (χ0v) is 13.1. The van der Waals surface area contributed by atoms with Crippen LogP contribution in [0.1, 0.15) is 50.5 Å². The smallest absolute Gasteiger partial charge is 0.174 e. The van der Waals surface area contributed by atoms with Gasteiger partial charge in [-0.15, -0.1) is 0 Å². The highest BCUT2D eigenvalue weighted by Gasteiger charge is 2.26. The summed E-state index contributed by atoms with van der Waals surface area (Å²) < 4.78 is 24.5. The molecule has 0 heterocycles. The molecule has 22 heavy (non-hydrogen) atoms. The fourth-order valence-electron chi connectivity index (χ4n) is 3.02. The molecular formula is C20H24F2. The van der Waals surface area contributed by atoms with Crippen molar-refractivity contribution in [3.05, 3.63) is 72.4 Å². The van der Waals surface area contributed by atoms with E-state index in [0.29, 0.717) is 12.3 Å². The molecule has 0 amide bonds. The lowest BCUT2D eigenvalue weighted by molar-refractivity contribution is 0.383. The summed E-state index contributed by atoms with van der Waals surface area (Å²) >= 11 is 0. The van der Waals surface area contributed by atoms with Crippen molar-refractivity contribution < 1.29 is 8.78 Å². The molecule has 0 spiro atoms. The number of hydrogen-bond donors (Lipinski definition) is 0. The number of benzene rings is 1. The standard InChI is InChI=1S/C20H24F2/c1-2-3-13-20(14-7-10-19(21)22)15-11-18(12-16-20)17-8-5-4-6-9-17/h4-6,8-12,15-16,18H,2-3,7,13-14H2,1H3. The van der Waals surface area contributed by atoms with Gasteiger partial charge in [-0.3, -0.25) is 0 Å². The maximum Gasteiger partial charge on any atom is 0.266 e. The van der Waals surface area contributed by atoms with Crippen LogP contribution in [0.3, 0.4) is 0 Å². The molecule has 118 valence electrons. The summed E-state index contributed by atoms with van der Waals surface area (Å²) in [6.07, 6.45) is 12.8. The molecule has 2 rings (SSSR count). The SMILES string of the molecule is CCCCC1(CCC=C(F)F)C=CC(c2ccccc2)C=C1. The number of unbranched alkanes of at least 4 members (excludes halogenated alkanes) is 1. The lowest BCUT2D eigenvalue weighted by Gasteiger charge is -2.31. The van der Waals surface area contributed by atoms with Gasteiger partial charge in [0.15, 0.2) is 0 Å². The summed E-state index contributed by atoms with van der Waals surface area (Å²) in [6, 6.07) is 10.4. The van der Waals surface area contributed by atoms with Crippen molar-refractivity contribution in [2.24, 2.45) is 5.41 Å². The second-order valence-electron chi connectivity index (χ2n) is 6.02. The van der Waals surface area contributed by atoms with Gasteiger partial charge in [-0.2, -0.15) is 8.78 Å². The molecule has 0 N–H and O–H groups in total. The number of rotatable bonds is 7. The van der Waals surface area contributed by atoms with E-state index in [1.807, 2.05) is 18.2 Å². The van der Waals surface area contributed by atoms with Crippen molar-refractivity contribution in [1.82, 2.24) is 0 Å². The Labute approximate surface area is 132 Å². The van der Waals surface area contributed by atoms with Crippen molar-refractivity contribution in [1.29, 1.82) is 0 Å². The highest BCUT2D eigenvalue weighted by molar-refractivity contribution is 5.34. The Morgan fingerprint density at radius 2 is 1.77 bits per heavy atom. The van der Waals surface area contributed by atoms with Crippen LogP contribution >= 0.6 is 0 Å². The molecule has 0 nitrogen and oxygen atoms in total. The Hall–Kier alpha value is -1.70. The summed E-state index contributed by atoms with van der Waals surface area (Å²) in [5, 5.41) is 0. The zero-order chi connectivity index (χ0) is 15.8. The van der Waals surface area contributed by atoms with Gasteiger partial charge in [-0.25, -0.2) is 0 Å². The van der Waals surface area contributed by atoms with Crippen LogP contribution in [0.15, 0.2) is 66.8 Å². The third-order valence-electron chi connectivity index (χ3n) is 4.36. The van der Waals surface area contributed by atoms with E-state index in [1.165, 1.54) is 5.56 Å². The average molecular weight is 302 g/mol. The van der Waals surface area contributed by atoms with Gasteiger partial charge in [0.1, 0.15) is 0 Å². The molecule has 0 aromatic heterocycles. The predicted molar refractivity (Wildman–Crippen MR) is 89.0 cm³/mol. The Morgan fingerprint density at radius 1 is 1.09 bits per heavy atom. The van der Waals surface area contributed by atoms with Crippen LogP contribution in [0.4, 0.5) is 8.78 Å². The molecule has 0 atom stereocenters. The molecule has 0 saturated carbocycles. The van der Waals surface area contributed by atoms with Gasteiger partial charge in [-0.1, -0.05) is 74.4 Å². The van der Waals surface area contributed by atoms with E-state index < -0.39 is 6.08 Å². The lowest BCUT2D eigenvalue weighted by Crippen LogP contribution is -2.18. The largest absolute Gasteiger partial charge is 0.266 e. The van der Waals surface area contributed by atoms with Crippen LogP contribution in [0, 0.1) is 5.41 Å². The minimum Gasteiger partial charge on any atom is -0.174 e. The van der Waals surface area contributed by atoms with Crippen molar-refractivity contribution in [2.45, 2.75) is 44.9 Å². The quantitative estimate of drug-likeness (QED) is 0.496. The number of allylic oxidation sites excluding steroid dienone is 5. The van der Waals surface area contributed by atoms with Crippen LogP contribution in [0.5, 0.6) is 0 Å². The van der Waals surface area contributed by atoms with Crippen LogP contribution in [0.2, 0.25) is 0 Å². The molecule has 2 heteroatoms. The molecule has 0 unspecified atom stereocenters. The fourth-order valence-corrected chi connectivity index (χ4v) is 3.02. The summed E-state index contributed by atoms with van der Waals surface area (Å²) in [7, 11) is 0. The van der Waals surface area contributed by atoms with E-state index in [-0.39, 0.29) is 5.41 Å². The molecular weight excluding hydrogens is 278 g/mol. The van der Waals surface area contributed by atoms with Gasteiger partial charge < -0.3 is 0 Å². The first-order chi connectivity index (χ1) is 10.7. The van der Waals surface area contributed by atoms with Crippen LogP contribution in [-0.4, -0.2) is 0 Å². The Morgan fingerprint density at radius 3 is 2.36 bits per heavy atom. The van der Waals surface area contributed by atoms with Crippen molar-refractivity contribution in [2.75, 3.05) is 0 Å². The highest BCUT2D eigenvalue weighted by Crippen LogP contribution is 2.39. The monoisotopic (exact) mass is 302 g/mol. The molecule has 0 fully saturated rings. The Balaban J connectivity index is 2.08. The van der Waals surface area contributed by atoms with E-state index in [2.05, 4.69) is 43.4 Å². The second kappa shape index (κ2) is 8.07. The fraction of sp³-hybridized carbons (Fsp3) is 0.400. The first kappa shape index (κ1) is 16.7. The summed E-state index contributed by atoms with van der Waals surface area (Å²) in [4.78, 5) is 0. The Bertz CT molecular complexity index is 522. The second-order valence-corrected chi connectivity index (χ2v) is 6.02. The van der Waals surface area contributed by atoms with E-state index in [0.717, 1.165) is 31.8 Å². The van der Waals surface area contributed by atoms with Gasteiger partial charge in [-0.05, 0) is 30.9 Å². The third kappa shape index (κ3) is 4.66. The van der Waals surface area contributed by atoms with E-state index >= 15 is 0 Å². The maximum absolute atomic E-state index is 12.3. The molecule has 0 bridgehead atoms. The topological polar surface area (TPSA) is 0 Å². The lowest BCUT2D eigenvalue weighted by atomic mass is 9.73. The Kier molecular flexibility index (Phi) is 6.11. The zero-order valence-electron chi connectivity index (χ0n) is 13.1. The van der Waals surface area contributed by atoms with Crippen molar-refractivity contribution >= 4 is 0 Å². The van der Waals surface area contributed by atoms with E-state index in [1.54, 1.807) is 0 Å². The van der Waals surface area contributed by atoms with Gasteiger partial charge >= 0.3 is 0 Å². The summed E-state index contributed by atoms with van der Waals surface area (Å²) in [5.74, 6) is 0.296. The number of hydrogen-bond acceptors (Lipinski definition) is 0. The normalized spacial score (nSPS) is 23.5. The molecule has 0 saturated heterocycles. The molecule has 0 aliphatic heterocycles. The van der Waals surface area contributed by atoms with E-state index in [9.17, 15) is 8.78 Å². The first-order valence-corrected chi connectivity index (χ1v) is 8.10. The van der Waals surface area contributed by atoms with Crippen LogP contribution in [0.25, 0.3) is 0 Å².